The SMILES string of the molecule is CCCc1nnc(NC(C)CCC2CC2)s1. The Morgan fingerprint density at radius 2 is 2.25 bits per heavy atom. The van der Waals surface area contributed by atoms with Crippen LogP contribution in [-0.2, 0) is 6.42 Å². The number of rotatable bonds is 7. The molecule has 0 spiro atoms. The lowest BCUT2D eigenvalue weighted by Gasteiger charge is -2.11. The van der Waals surface area contributed by atoms with E-state index in [2.05, 4.69) is 29.4 Å². The number of nitrogens with zero attached hydrogens (tertiary/aromatic N) is 2. The van der Waals surface area contributed by atoms with Gasteiger partial charge in [0.15, 0.2) is 0 Å². The molecule has 1 aromatic rings. The topological polar surface area (TPSA) is 37.8 Å². The number of aryl methyl sites for hydroxylation is 1. The average Bonchev–Trinajstić information content (AvgIpc) is 2.99. The fourth-order valence-electron chi connectivity index (χ4n) is 1.80. The Morgan fingerprint density at radius 1 is 1.44 bits per heavy atom. The van der Waals surface area contributed by atoms with Crippen molar-refractivity contribution in [1.29, 1.82) is 0 Å². The van der Waals surface area contributed by atoms with Gasteiger partial charge in [-0.15, -0.1) is 10.2 Å². The lowest BCUT2D eigenvalue weighted by molar-refractivity contribution is 0.609. The zero-order chi connectivity index (χ0) is 11.4. The number of hydrogen-bond acceptors (Lipinski definition) is 4. The molecule has 16 heavy (non-hydrogen) atoms. The summed E-state index contributed by atoms with van der Waals surface area (Å²) >= 11 is 1.70. The third-order valence-electron chi connectivity index (χ3n) is 3.01. The van der Waals surface area contributed by atoms with E-state index in [1.165, 1.54) is 25.7 Å². The van der Waals surface area contributed by atoms with Crippen molar-refractivity contribution in [3.05, 3.63) is 5.01 Å². The molecule has 0 aliphatic heterocycles. The Bertz CT molecular complexity index is 320. The van der Waals surface area contributed by atoms with E-state index < -0.39 is 0 Å². The van der Waals surface area contributed by atoms with Gasteiger partial charge in [0.05, 0.1) is 0 Å². The van der Waals surface area contributed by atoms with Gasteiger partial charge in [-0.2, -0.15) is 0 Å². The summed E-state index contributed by atoms with van der Waals surface area (Å²) in [5.74, 6) is 1.02. The van der Waals surface area contributed by atoms with Gasteiger partial charge in [0.1, 0.15) is 5.01 Å². The van der Waals surface area contributed by atoms with Gasteiger partial charge in [0, 0.05) is 12.5 Å². The second kappa shape index (κ2) is 5.62. The Labute approximate surface area is 102 Å². The Hall–Kier alpha value is -0.640. The average molecular weight is 239 g/mol. The third kappa shape index (κ3) is 3.74. The summed E-state index contributed by atoms with van der Waals surface area (Å²) in [7, 11) is 0. The molecule has 1 fully saturated rings. The summed E-state index contributed by atoms with van der Waals surface area (Å²) in [5.41, 5.74) is 0. The summed E-state index contributed by atoms with van der Waals surface area (Å²) in [6, 6.07) is 0.531. The van der Waals surface area contributed by atoms with Crippen LogP contribution in [0.1, 0.15) is 51.0 Å². The van der Waals surface area contributed by atoms with Crippen LogP contribution in [0.5, 0.6) is 0 Å². The molecule has 0 amide bonds. The first-order chi connectivity index (χ1) is 7.78. The van der Waals surface area contributed by atoms with Gasteiger partial charge < -0.3 is 5.32 Å². The van der Waals surface area contributed by atoms with E-state index in [1.807, 2.05) is 0 Å². The highest BCUT2D eigenvalue weighted by Crippen LogP contribution is 2.34. The van der Waals surface area contributed by atoms with Gasteiger partial charge in [0.2, 0.25) is 5.13 Å². The molecule has 1 saturated carbocycles. The summed E-state index contributed by atoms with van der Waals surface area (Å²) in [6.07, 6.45) is 7.72. The van der Waals surface area contributed by atoms with Crippen molar-refractivity contribution in [1.82, 2.24) is 10.2 Å². The van der Waals surface area contributed by atoms with Crippen molar-refractivity contribution >= 4 is 16.5 Å². The van der Waals surface area contributed by atoms with Crippen LogP contribution in [0, 0.1) is 5.92 Å². The molecular formula is C12H21N3S. The maximum atomic E-state index is 4.17. The van der Waals surface area contributed by atoms with Crippen molar-refractivity contribution in [2.24, 2.45) is 5.92 Å². The van der Waals surface area contributed by atoms with Crippen LogP contribution in [0.15, 0.2) is 0 Å². The first-order valence-corrected chi connectivity index (χ1v) is 7.18. The highest BCUT2D eigenvalue weighted by atomic mass is 32.1. The summed E-state index contributed by atoms with van der Waals surface area (Å²) in [4.78, 5) is 0. The van der Waals surface area contributed by atoms with Crippen LogP contribution in [0.4, 0.5) is 5.13 Å². The lowest BCUT2D eigenvalue weighted by atomic mass is 10.1. The summed E-state index contributed by atoms with van der Waals surface area (Å²) in [6.45, 7) is 4.41. The fourth-order valence-corrected chi connectivity index (χ4v) is 2.75. The second-order valence-corrected chi connectivity index (χ2v) is 5.88. The van der Waals surface area contributed by atoms with E-state index in [0.29, 0.717) is 6.04 Å². The van der Waals surface area contributed by atoms with Crippen molar-refractivity contribution in [2.45, 2.75) is 58.4 Å². The van der Waals surface area contributed by atoms with Crippen LogP contribution in [0.3, 0.4) is 0 Å². The highest BCUT2D eigenvalue weighted by Gasteiger charge is 2.21. The number of anilines is 1. The van der Waals surface area contributed by atoms with Crippen molar-refractivity contribution in [3.8, 4) is 0 Å². The molecule has 1 N–H and O–H groups in total. The van der Waals surface area contributed by atoms with Crippen LogP contribution >= 0.6 is 11.3 Å². The molecule has 1 aliphatic carbocycles. The Morgan fingerprint density at radius 3 is 2.94 bits per heavy atom. The highest BCUT2D eigenvalue weighted by molar-refractivity contribution is 7.15. The molecule has 1 unspecified atom stereocenters. The molecule has 2 rings (SSSR count). The molecule has 1 aromatic heterocycles. The molecular weight excluding hydrogens is 218 g/mol. The quantitative estimate of drug-likeness (QED) is 0.791. The van der Waals surface area contributed by atoms with Gasteiger partial charge in [-0.05, 0) is 32.1 Å². The molecule has 3 nitrogen and oxygen atoms in total. The zero-order valence-corrected chi connectivity index (χ0v) is 11.0. The maximum Gasteiger partial charge on any atom is 0.205 e. The number of hydrogen-bond donors (Lipinski definition) is 1. The van der Waals surface area contributed by atoms with E-state index in [4.69, 9.17) is 0 Å². The van der Waals surface area contributed by atoms with Crippen molar-refractivity contribution in [2.75, 3.05) is 5.32 Å². The van der Waals surface area contributed by atoms with Gasteiger partial charge in [-0.3, -0.25) is 0 Å². The van der Waals surface area contributed by atoms with Gasteiger partial charge in [-0.1, -0.05) is 31.1 Å². The number of aromatic nitrogens is 2. The van der Waals surface area contributed by atoms with E-state index in [1.54, 1.807) is 11.3 Å². The van der Waals surface area contributed by atoms with E-state index in [-0.39, 0.29) is 0 Å². The molecule has 0 aromatic carbocycles. The zero-order valence-electron chi connectivity index (χ0n) is 10.2. The molecule has 4 heteroatoms. The summed E-state index contributed by atoms with van der Waals surface area (Å²) in [5, 5.41) is 13.9. The summed E-state index contributed by atoms with van der Waals surface area (Å²) < 4.78 is 0. The Kier molecular flexibility index (Phi) is 4.16. The first-order valence-electron chi connectivity index (χ1n) is 6.37. The van der Waals surface area contributed by atoms with Crippen molar-refractivity contribution in [3.63, 3.8) is 0 Å². The number of nitrogens with one attached hydrogen (secondary N) is 1. The minimum absolute atomic E-state index is 0.531. The van der Waals surface area contributed by atoms with E-state index in [9.17, 15) is 0 Å². The van der Waals surface area contributed by atoms with Crippen LogP contribution in [0.2, 0.25) is 0 Å². The lowest BCUT2D eigenvalue weighted by Crippen LogP contribution is -2.14. The van der Waals surface area contributed by atoms with Gasteiger partial charge in [0.25, 0.3) is 0 Å². The van der Waals surface area contributed by atoms with E-state index in [0.717, 1.165) is 28.9 Å². The minimum Gasteiger partial charge on any atom is -0.358 e. The van der Waals surface area contributed by atoms with Crippen LogP contribution in [-0.4, -0.2) is 16.2 Å². The van der Waals surface area contributed by atoms with Crippen molar-refractivity contribution < 1.29 is 0 Å². The second-order valence-electron chi connectivity index (χ2n) is 4.82. The van der Waals surface area contributed by atoms with Gasteiger partial charge >= 0.3 is 0 Å². The molecule has 1 aliphatic rings. The predicted octanol–water partition coefficient (Wildman–Crippen LogP) is 3.48. The molecule has 0 bridgehead atoms. The normalized spacial score (nSPS) is 17.4. The smallest absolute Gasteiger partial charge is 0.205 e. The predicted molar refractivity (Wildman–Crippen MR) is 68.9 cm³/mol. The molecule has 1 atom stereocenters. The Balaban J connectivity index is 1.73. The van der Waals surface area contributed by atoms with E-state index >= 15 is 0 Å². The minimum atomic E-state index is 0.531. The largest absolute Gasteiger partial charge is 0.358 e. The molecule has 1 heterocycles. The molecule has 90 valence electrons. The maximum absolute atomic E-state index is 4.17. The molecule has 0 saturated heterocycles. The standard InChI is InChI=1S/C12H21N3S/c1-3-4-11-14-15-12(16-11)13-9(2)5-6-10-7-8-10/h9-10H,3-8H2,1-2H3,(H,13,15). The molecule has 0 radical (unpaired) electrons. The third-order valence-corrected chi connectivity index (χ3v) is 3.92. The van der Waals surface area contributed by atoms with Gasteiger partial charge in [-0.25, -0.2) is 0 Å². The van der Waals surface area contributed by atoms with Crippen LogP contribution in [0.25, 0.3) is 0 Å². The fraction of sp³-hybridized carbons (Fsp3) is 0.833. The van der Waals surface area contributed by atoms with Crippen LogP contribution < -0.4 is 5.32 Å². The monoisotopic (exact) mass is 239 g/mol. The first kappa shape index (κ1) is 11.8.